The van der Waals surface area contributed by atoms with Gasteiger partial charge in [-0.15, -0.1) is 0 Å². The minimum Gasteiger partial charge on any atom is -0.444 e. The van der Waals surface area contributed by atoms with Crippen molar-refractivity contribution in [1.29, 1.82) is 0 Å². The van der Waals surface area contributed by atoms with Crippen LogP contribution in [0.25, 0.3) is 0 Å². The molecule has 1 aromatic rings. The molecule has 6 heteroatoms. The van der Waals surface area contributed by atoms with E-state index in [-0.39, 0.29) is 23.4 Å². The van der Waals surface area contributed by atoms with Crippen LogP contribution in [0.2, 0.25) is 0 Å². The van der Waals surface area contributed by atoms with E-state index < -0.39 is 5.60 Å². The number of carbonyl (C=O) groups is 1. The number of hydrogen-bond acceptors (Lipinski definition) is 4. The summed E-state index contributed by atoms with van der Waals surface area (Å²) in [6.07, 6.45) is 3.46. The molecule has 1 unspecified atom stereocenters. The molecule has 1 amide bonds. The van der Waals surface area contributed by atoms with Crippen molar-refractivity contribution in [3.63, 3.8) is 0 Å². The summed E-state index contributed by atoms with van der Waals surface area (Å²) in [5.74, 6) is -0.128. The van der Waals surface area contributed by atoms with Crippen LogP contribution in [-0.4, -0.2) is 46.9 Å². The predicted molar refractivity (Wildman–Crippen MR) is 87.3 cm³/mol. The molecule has 3 heterocycles. The molecule has 5 nitrogen and oxygen atoms in total. The highest BCUT2D eigenvalue weighted by Gasteiger charge is 2.44. The molecule has 1 spiro atoms. The lowest BCUT2D eigenvalue weighted by molar-refractivity contribution is -0.0485. The zero-order valence-electron chi connectivity index (χ0n) is 14.5. The van der Waals surface area contributed by atoms with Gasteiger partial charge in [0.1, 0.15) is 11.4 Å². The highest BCUT2D eigenvalue weighted by Crippen LogP contribution is 2.42. The van der Waals surface area contributed by atoms with Gasteiger partial charge < -0.3 is 14.4 Å². The molecule has 24 heavy (non-hydrogen) atoms. The molecule has 0 radical (unpaired) electrons. The van der Waals surface area contributed by atoms with Gasteiger partial charge in [0.2, 0.25) is 0 Å². The van der Waals surface area contributed by atoms with Gasteiger partial charge >= 0.3 is 6.09 Å². The number of amides is 1. The molecule has 1 aromatic heterocycles. The van der Waals surface area contributed by atoms with E-state index >= 15 is 0 Å². The number of carbonyl (C=O) groups excluding carboxylic acids is 1. The van der Waals surface area contributed by atoms with Crippen LogP contribution >= 0.6 is 0 Å². The van der Waals surface area contributed by atoms with Crippen molar-refractivity contribution in [3.8, 4) is 0 Å². The summed E-state index contributed by atoms with van der Waals surface area (Å²) in [5.41, 5.74) is 0.206. The molecular formula is C18H25FN2O3. The van der Waals surface area contributed by atoms with Gasteiger partial charge in [0.25, 0.3) is 0 Å². The number of likely N-dealkylation sites (tertiary alicyclic amines) is 1. The summed E-state index contributed by atoms with van der Waals surface area (Å²) in [4.78, 5) is 18.1. The Morgan fingerprint density at radius 2 is 2.08 bits per heavy atom. The minimum absolute atomic E-state index is 0.193. The van der Waals surface area contributed by atoms with Crippen LogP contribution in [0.1, 0.15) is 51.6 Å². The Hall–Kier alpha value is -1.69. The zero-order valence-corrected chi connectivity index (χ0v) is 14.5. The van der Waals surface area contributed by atoms with Gasteiger partial charge in [0.05, 0.1) is 18.4 Å². The van der Waals surface area contributed by atoms with Crippen LogP contribution < -0.4 is 0 Å². The molecule has 132 valence electrons. The van der Waals surface area contributed by atoms with E-state index in [1.54, 1.807) is 11.0 Å². The number of piperidine rings is 1. The molecule has 0 N–H and O–H groups in total. The first-order chi connectivity index (χ1) is 11.3. The fourth-order valence-corrected chi connectivity index (χ4v) is 3.43. The molecule has 2 fully saturated rings. The number of rotatable bonds is 1. The number of pyridine rings is 1. The maximum absolute atomic E-state index is 13.0. The van der Waals surface area contributed by atoms with Crippen molar-refractivity contribution in [1.82, 2.24) is 9.88 Å². The molecule has 0 bridgehead atoms. The Kier molecular flexibility index (Phi) is 4.51. The Balaban J connectivity index is 1.56. The summed E-state index contributed by atoms with van der Waals surface area (Å²) < 4.78 is 24.5. The van der Waals surface area contributed by atoms with E-state index in [9.17, 15) is 9.18 Å². The van der Waals surface area contributed by atoms with Gasteiger partial charge in [-0.05, 0) is 52.2 Å². The highest BCUT2D eigenvalue weighted by atomic mass is 19.1. The lowest BCUT2D eigenvalue weighted by atomic mass is 9.84. The lowest BCUT2D eigenvalue weighted by Gasteiger charge is -2.39. The van der Waals surface area contributed by atoms with Gasteiger partial charge in [-0.3, -0.25) is 4.98 Å². The number of nitrogens with zero attached hydrogens (tertiary/aromatic N) is 2. The average Bonchev–Trinajstić information content (AvgIpc) is 2.91. The van der Waals surface area contributed by atoms with E-state index in [1.165, 1.54) is 12.3 Å². The van der Waals surface area contributed by atoms with Crippen LogP contribution in [0, 0.1) is 5.82 Å². The van der Waals surface area contributed by atoms with Crippen LogP contribution in [0.15, 0.2) is 18.3 Å². The molecule has 0 aromatic carbocycles. The number of aromatic nitrogens is 1. The van der Waals surface area contributed by atoms with Crippen molar-refractivity contribution in [3.05, 3.63) is 29.8 Å². The Morgan fingerprint density at radius 1 is 1.38 bits per heavy atom. The van der Waals surface area contributed by atoms with E-state index in [4.69, 9.17) is 9.47 Å². The summed E-state index contributed by atoms with van der Waals surface area (Å²) in [6, 6.07) is 3.18. The molecule has 0 saturated carbocycles. The molecule has 1 atom stereocenters. The number of ether oxygens (including phenoxy) is 2. The van der Waals surface area contributed by atoms with Gasteiger partial charge in [-0.25, -0.2) is 9.18 Å². The maximum Gasteiger partial charge on any atom is 0.410 e. The molecule has 0 aliphatic carbocycles. The third kappa shape index (κ3) is 3.86. The quantitative estimate of drug-likeness (QED) is 0.788. The second-order valence-electron chi connectivity index (χ2n) is 7.76. The van der Waals surface area contributed by atoms with Crippen LogP contribution in [0.3, 0.4) is 0 Å². The van der Waals surface area contributed by atoms with Gasteiger partial charge in [-0.2, -0.15) is 0 Å². The Morgan fingerprint density at radius 3 is 2.67 bits per heavy atom. The van der Waals surface area contributed by atoms with Crippen LogP contribution in [0.4, 0.5) is 9.18 Å². The molecule has 3 rings (SSSR count). The standard InChI is InChI=1S/C18H25FN2O3/c1-17(2,3)24-16(22)21-8-6-18(7-9-21)10-13(12-23-18)15-5-4-14(19)11-20-15/h4-5,11,13H,6-10,12H2,1-3H3. The third-order valence-electron chi connectivity index (χ3n) is 4.70. The lowest BCUT2D eigenvalue weighted by Crippen LogP contribution is -2.47. The third-order valence-corrected chi connectivity index (χ3v) is 4.70. The van der Waals surface area contributed by atoms with Crippen molar-refractivity contribution in [2.45, 2.75) is 57.2 Å². The first-order valence-electron chi connectivity index (χ1n) is 8.50. The van der Waals surface area contributed by atoms with E-state index in [0.29, 0.717) is 19.7 Å². The Bertz CT molecular complexity index is 589. The maximum atomic E-state index is 13.0. The second kappa shape index (κ2) is 6.31. The highest BCUT2D eigenvalue weighted by molar-refractivity contribution is 5.68. The Labute approximate surface area is 142 Å². The summed E-state index contributed by atoms with van der Waals surface area (Å²) in [6.45, 7) is 7.49. The summed E-state index contributed by atoms with van der Waals surface area (Å²) in [7, 11) is 0. The monoisotopic (exact) mass is 336 g/mol. The van der Waals surface area contributed by atoms with E-state index in [2.05, 4.69) is 4.98 Å². The fourth-order valence-electron chi connectivity index (χ4n) is 3.43. The number of hydrogen-bond donors (Lipinski definition) is 0. The fraction of sp³-hybridized carbons (Fsp3) is 0.667. The van der Waals surface area contributed by atoms with Crippen molar-refractivity contribution < 1.29 is 18.7 Å². The van der Waals surface area contributed by atoms with E-state index in [1.807, 2.05) is 20.8 Å². The van der Waals surface area contributed by atoms with Gasteiger partial charge in [0, 0.05) is 24.7 Å². The van der Waals surface area contributed by atoms with Gasteiger partial charge in [0.15, 0.2) is 0 Å². The van der Waals surface area contributed by atoms with Gasteiger partial charge in [-0.1, -0.05) is 0 Å². The van der Waals surface area contributed by atoms with Crippen molar-refractivity contribution >= 4 is 6.09 Å². The predicted octanol–water partition coefficient (Wildman–Crippen LogP) is 3.49. The SMILES string of the molecule is CC(C)(C)OC(=O)N1CCC2(CC1)CC(c1ccc(F)cn1)CO2. The first-order valence-corrected chi connectivity index (χ1v) is 8.50. The van der Waals surface area contributed by atoms with Crippen molar-refractivity contribution in [2.75, 3.05) is 19.7 Å². The topological polar surface area (TPSA) is 51.7 Å². The molecule has 2 saturated heterocycles. The average molecular weight is 336 g/mol. The summed E-state index contributed by atoms with van der Waals surface area (Å²) in [5, 5.41) is 0. The zero-order chi connectivity index (χ0) is 17.4. The first kappa shape index (κ1) is 17.1. The smallest absolute Gasteiger partial charge is 0.410 e. The largest absolute Gasteiger partial charge is 0.444 e. The van der Waals surface area contributed by atoms with Crippen molar-refractivity contribution in [2.24, 2.45) is 0 Å². The normalized spacial score (nSPS) is 23.5. The van der Waals surface area contributed by atoms with Crippen LogP contribution in [-0.2, 0) is 9.47 Å². The number of halogens is 1. The molecule has 2 aliphatic rings. The molecular weight excluding hydrogens is 311 g/mol. The minimum atomic E-state index is -0.477. The summed E-state index contributed by atoms with van der Waals surface area (Å²) >= 11 is 0. The van der Waals surface area contributed by atoms with Crippen LogP contribution in [0.5, 0.6) is 0 Å². The second-order valence-corrected chi connectivity index (χ2v) is 7.76. The molecule has 2 aliphatic heterocycles. The van der Waals surface area contributed by atoms with E-state index in [0.717, 1.165) is 25.0 Å².